The van der Waals surface area contributed by atoms with Crippen LogP contribution in [0.3, 0.4) is 0 Å². The summed E-state index contributed by atoms with van der Waals surface area (Å²) in [6.45, 7) is 5.03. The normalized spacial score (nSPS) is 11.9. The molecule has 0 saturated heterocycles. The van der Waals surface area contributed by atoms with E-state index in [0.29, 0.717) is 24.6 Å². The number of benzene rings is 1. The molecular formula is C14H22N2O3. The highest BCUT2D eigenvalue weighted by Gasteiger charge is 2.18. The Balaban J connectivity index is 2.53. The molecule has 0 heterocycles. The maximum Gasteiger partial charge on any atom is 0.260 e. The molecule has 0 radical (unpaired) electrons. The van der Waals surface area contributed by atoms with E-state index in [4.69, 9.17) is 15.2 Å². The SMILES string of the molecule is CCN(C(=O)COc1cccc(N)c1)C(C)COC. The molecule has 19 heavy (non-hydrogen) atoms. The van der Waals surface area contributed by atoms with E-state index in [1.807, 2.05) is 13.8 Å². The number of hydrogen-bond acceptors (Lipinski definition) is 4. The number of nitrogens with two attached hydrogens (primary N) is 1. The van der Waals surface area contributed by atoms with Gasteiger partial charge in [-0.3, -0.25) is 4.79 Å². The Kier molecular flexibility index (Phi) is 6.15. The number of carbonyl (C=O) groups is 1. The zero-order valence-corrected chi connectivity index (χ0v) is 11.8. The molecule has 5 heteroatoms. The molecule has 0 aliphatic heterocycles. The first-order valence-electron chi connectivity index (χ1n) is 6.35. The molecule has 0 saturated carbocycles. The summed E-state index contributed by atoms with van der Waals surface area (Å²) < 4.78 is 10.5. The number of rotatable bonds is 7. The minimum atomic E-state index is -0.0607. The molecule has 1 unspecified atom stereocenters. The van der Waals surface area contributed by atoms with Crippen LogP contribution in [-0.2, 0) is 9.53 Å². The average Bonchev–Trinajstić information content (AvgIpc) is 2.37. The molecule has 0 spiro atoms. The lowest BCUT2D eigenvalue weighted by molar-refractivity contribution is -0.136. The van der Waals surface area contributed by atoms with Gasteiger partial charge in [0.15, 0.2) is 6.61 Å². The highest BCUT2D eigenvalue weighted by Crippen LogP contribution is 2.14. The number of anilines is 1. The second-order valence-electron chi connectivity index (χ2n) is 4.35. The lowest BCUT2D eigenvalue weighted by atomic mass is 10.3. The number of carbonyl (C=O) groups excluding carboxylic acids is 1. The predicted molar refractivity (Wildman–Crippen MR) is 75.1 cm³/mol. The van der Waals surface area contributed by atoms with Crippen molar-refractivity contribution >= 4 is 11.6 Å². The van der Waals surface area contributed by atoms with Crippen LogP contribution in [0.15, 0.2) is 24.3 Å². The fraction of sp³-hybridized carbons (Fsp3) is 0.500. The third-order valence-electron chi connectivity index (χ3n) is 2.82. The van der Waals surface area contributed by atoms with Gasteiger partial charge in [0.1, 0.15) is 5.75 Å². The molecule has 1 aromatic carbocycles. The smallest absolute Gasteiger partial charge is 0.260 e. The molecule has 0 aliphatic rings. The Morgan fingerprint density at radius 3 is 2.79 bits per heavy atom. The summed E-state index contributed by atoms with van der Waals surface area (Å²) in [6.07, 6.45) is 0. The van der Waals surface area contributed by atoms with E-state index in [0.717, 1.165) is 0 Å². The minimum Gasteiger partial charge on any atom is -0.484 e. The van der Waals surface area contributed by atoms with Gasteiger partial charge >= 0.3 is 0 Å². The third kappa shape index (κ3) is 4.79. The Morgan fingerprint density at radius 2 is 2.21 bits per heavy atom. The van der Waals surface area contributed by atoms with E-state index < -0.39 is 0 Å². The van der Waals surface area contributed by atoms with E-state index in [-0.39, 0.29) is 18.6 Å². The summed E-state index contributed by atoms with van der Waals surface area (Å²) in [6, 6.07) is 7.07. The minimum absolute atomic E-state index is 0.00531. The van der Waals surface area contributed by atoms with Crippen LogP contribution < -0.4 is 10.5 Å². The van der Waals surface area contributed by atoms with E-state index in [2.05, 4.69) is 0 Å². The highest BCUT2D eigenvalue weighted by molar-refractivity contribution is 5.78. The maximum atomic E-state index is 12.1. The zero-order valence-electron chi connectivity index (χ0n) is 11.8. The Hall–Kier alpha value is -1.75. The molecule has 1 rings (SSSR count). The van der Waals surface area contributed by atoms with Crippen LogP contribution in [0.4, 0.5) is 5.69 Å². The first-order valence-corrected chi connectivity index (χ1v) is 6.35. The predicted octanol–water partition coefficient (Wildman–Crippen LogP) is 1.53. The molecule has 1 atom stereocenters. The fourth-order valence-corrected chi connectivity index (χ4v) is 1.90. The molecule has 0 bridgehead atoms. The second-order valence-corrected chi connectivity index (χ2v) is 4.35. The molecule has 0 aliphatic carbocycles. The summed E-state index contributed by atoms with van der Waals surface area (Å²) in [4.78, 5) is 13.8. The van der Waals surface area contributed by atoms with Crippen molar-refractivity contribution in [1.29, 1.82) is 0 Å². The van der Waals surface area contributed by atoms with Crippen molar-refractivity contribution in [2.45, 2.75) is 19.9 Å². The summed E-state index contributed by atoms with van der Waals surface area (Å²) >= 11 is 0. The van der Waals surface area contributed by atoms with Gasteiger partial charge in [0, 0.05) is 25.4 Å². The molecule has 5 nitrogen and oxygen atoms in total. The van der Waals surface area contributed by atoms with Crippen LogP contribution >= 0.6 is 0 Å². The number of hydrogen-bond donors (Lipinski definition) is 1. The molecule has 1 aromatic rings. The average molecular weight is 266 g/mol. The first kappa shape index (κ1) is 15.3. The Labute approximate surface area is 114 Å². The summed E-state index contributed by atoms with van der Waals surface area (Å²) in [5.41, 5.74) is 6.26. The number of methoxy groups -OCH3 is 1. The molecule has 0 fully saturated rings. The van der Waals surface area contributed by atoms with E-state index in [1.54, 1.807) is 36.3 Å². The van der Waals surface area contributed by atoms with Crippen LogP contribution in [-0.4, -0.2) is 43.7 Å². The van der Waals surface area contributed by atoms with Crippen molar-refractivity contribution in [3.63, 3.8) is 0 Å². The van der Waals surface area contributed by atoms with Crippen molar-refractivity contribution in [2.24, 2.45) is 0 Å². The van der Waals surface area contributed by atoms with Gasteiger partial charge in [-0.1, -0.05) is 6.07 Å². The van der Waals surface area contributed by atoms with Gasteiger partial charge < -0.3 is 20.1 Å². The number of nitrogens with zero attached hydrogens (tertiary/aromatic N) is 1. The molecule has 106 valence electrons. The van der Waals surface area contributed by atoms with Crippen LogP contribution in [0.25, 0.3) is 0 Å². The van der Waals surface area contributed by atoms with Crippen LogP contribution in [0.5, 0.6) is 5.75 Å². The third-order valence-corrected chi connectivity index (χ3v) is 2.82. The summed E-state index contributed by atoms with van der Waals surface area (Å²) in [7, 11) is 1.62. The number of nitrogen functional groups attached to an aromatic ring is 1. The summed E-state index contributed by atoms with van der Waals surface area (Å²) in [5, 5.41) is 0. The van der Waals surface area contributed by atoms with Crippen molar-refractivity contribution in [3.8, 4) is 5.75 Å². The van der Waals surface area contributed by atoms with Gasteiger partial charge in [-0.25, -0.2) is 0 Å². The van der Waals surface area contributed by atoms with Gasteiger partial charge in [0.05, 0.1) is 12.6 Å². The van der Waals surface area contributed by atoms with Crippen molar-refractivity contribution in [3.05, 3.63) is 24.3 Å². The van der Waals surface area contributed by atoms with Gasteiger partial charge in [-0.05, 0) is 26.0 Å². The zero-order chi connectivity index (χ0) is 14.3. The number of likely N-dealkylation sites (N-methyl/N-ethyl adjacent to an activating group) is 1. The largest absolute Gasteiger partial charge is 0.484 e. The maximum absolute atomic E-state index is 12.1. The Bertz CT molecular complexity index is 409. The fourth-order valence-electron chi connectivity index (χ4n) is 1.90. The van der Waals surface area contributed by atoms with E-state index >= 15 is 0 Å². The molecule has 1 amide bonds. The van der Waals surface area contributed by atoms with Gasteiger partial charge in [0.25, 0.3) is 5.91 Å². The Morgan fingerprint density at radius 1 is 1.47 bits per heavy atom. The molecule has 0 aromatic heterocycles. The van der Waals surface area contributed by atoms with Crippen LogP contribution in [0.2, 0.25) is 0 Å². The standard InChI is InChI=1S/C14H22N2O3/c1-4-16(11(2)9-18-3)14(17)10-19-13-7-5-6-12(15)8-13/h5-8,11H,4,9-10,15H2,1-3H3. The highest BCUT2D eigenvalue weighted by atomic mass is 16.5. The van der Waals surface area contributed by atoms with Crippen LogP contribution in [0, 0.1) is 0 Å². The van der Waals surface area contributed by atoms with E-state index in [1.165, 1.54) is 0 Å². The summed E-state index contributed by atoms with van der Waals surface area (Å²) in [5.74, 6) is 0.540. The topological polar surface area (TPSA) is 64.8 Å². The van der Waals surface area contributed by atoms with Crippen LogP contribution in [0.1, 0.15) is 13.8 Å². The molecule has 2 N–H and O–H groups in total. The van der Waals surface area contributed by atoms with Gasteiger partial charge in [-0.2, -0.15) is 0 Å². The van der Waals surface area contributed by atoms with Gasteiger partial charge in [-0.15, -0.1) is 0 Å². The number of ether oxygens (including phenoxy) is 2. The van der Waals surface area contributed by atoms with Crippen molar-refractivity contribution < 1.29 is 14.3 Å². The van der Waals surface area contributed by atoms with Crippen molar-refractivity contribution in [2.75, 3.05) is 32.6 Å². The molecular weight excluding hydrogens is 244 g/mol. The quantitative estimate of drug-likeness (QED) is 0.760. The number of amides is 1. The van der Waals surface area contributed by atoms with Crippen molar-refractivity contribution in [1.82, 2.24) is 4.90 Å². The lowest BCUT2D eigenvalue weighted by Crippen LogP contribution is -2.43. The first-order chi connectivity index (χ1) is 9.08. The lowest BCUT2D eigenvalue weighted by Gasteiger charge is -2.27. The van der Waals surface area contributed by atoms with Gasteiger partial charge in [0.2, 0.25) is 0 Å². The second kappa shape index (κ2) is 7.63. The van der Waals surface area contributed by atoms with E-state index in [9.17, 15) is 4.79 Å². The monoisotopic (exact) mass is 266 g/mol.